The maximum atomic E-state index is 13.1. The molecule has 3 atom stereocenters. The van der Waals surface area contributed by atoms with Gasteiger partial charge in [-0.2, -0.15) is 0 Å². The first-order valence-corrected chi connectivity index (χ1v) is 35.9. The number of nitrogens with one attached hydrogen (secondary N) is 1. The third-order valence-corrected chi connectivity index (χ3v) is 17.3. The molecular formula is C67H138N2O6P+. The van der Waals surface area contributed by atoms with Crippen molar-refractivity contribution in [2.45, 2.75) is 386 Å². The Hall–Kier alpha value is -0.500. The van der Waals surface area contributed by atoms with E-state index in [1.54, 1.807) is 0 Å². The molecule has 0 bridgehead atoms. The van der Waals surface area contributed by atoms with Crippen LogP contribution < -0.4 is 5.32 Å². The van der Waals surface area contributed by atoms with Gasteiger partial charge in [0.1, 0.15) is 13.2 Å². The number of rotatable bonds is 65. The zero-order valence-electron chi connectivity index (χ0n) is 52.3. The lowest BCUT2D eigenvalue weighted by Crippen LogP contribution is -2.46. The van der Waals surface area contributed by atoms with Crippen LogP contribution in [0.1, 0.15) is 373 Å². The van der Waals surface area contributed by atoms with Gasteiger partial charge in [-0.25, -0.2) is 4.57 Å². The Labute approximate surface area is 476 Å². The molecule has 0 aliphatic carbocycles. The molecule has 0 radical (unpaired) electrons. The second-order valence-electron chi connectivity index (χ2n) is 25.3. The van der Waals surface area contributed by atoms with Crippen molar-refractivity contribution in [3.8, 4) is 0 Å². The number of likely N-dealkylation sites (N-methyl/N-ethyl adjacent to an activating group) is 1. The summed E-state index contributed by atoms with van der Waals surface area (Å²) in [6.07, 6.45) is 73.4. The van der Waals surface area contributed by atoms with Crippen molar-refractivity contribution in [1.82, 2.24) is 5.32 Å². The first-order chi connectivity index (χ1) is 37.0. The van der Waals surface area contributed by atoms with Gasteiger partial charge in [-0.1, -0.05) is 354 Å². The molecule has 1 amide bonds. The fraction of sp³-hybridized carbons (Fsp3) is 0.985. The average molecular weight is 1100 g/mol. The lowest BCUT2D eigenvalue weighted by Gasteiger charge is -2.26. The van der Waals surface area contributed by atoms with Crippen LogP contribution in [0.2, 0.25) is 0 Å². The standard InChI is InChI=1S/C67H137N2O6P/c1-6-8-10-12-14-16-18-20-22-24-26-28-30-32-34-35-36-38-40-42-44-46-48-50-52-54-56-58-60-66(70)65(64-75-76(72,73)74-63-62-69(3,4)5)68-67(71)61-59-57-55-53-51-49-47-45-43-41-39-37-33-31-29-27-25-23-21-19-17-15-13-11-9-7-2/h65-66,70H,6-64H2,1-5H3,(H-,68,71,72,73)/p+1. The minimum atomic E-state index is -4.32. The van der Waals surface area contributed by atoms with Gasteiger partial charge in [-0.3, -0.25) is 13.8 Å². The van der Waals surface area contributed by atoms with Gasteiger partial charge in [0.2, 0.25) is 5.91 Å². The van der Waals surface area contributed by atoms with Gasteiger partial charge in [0, 0.05) is 6.42 Å². The number of carbonyl (C=O) groups excluding carboxylic acids is 1. The minimum Gasteiger partial charge on any atom is -0.391 e. The summed E-state index contributed by atoms with van der Waals surface area (Å²) in [4.78, 5) is 23.4. The molecule has 0 rings (SSSR count). The highest BCUT2D eigenvalue weighted by molar-refractivity contribution is 7.47. The number of hydrogen-bond donors (Lipinski definition) is 3. The predicted molar refractivity (Wildman–Crippen MR) is 332 cm³/mol. The number of quaternary nitrogens is 1. The number of aliphatic hydroxyl groups excluding tert-OH is 1. The maximum Gasteiger partial charge on any atom is 0.472 e. The summed E-state index contributed by atoms with van der Waals surface area (Å²) in [7, 11) is 1.64. The Morgan fingerprint density at radius 1 is 0.395 bits per heavy atom. The minimum absolute atomic E-state index is 0.0795. The number of aliphatic hydroxyl groups is 1. The van der Waals surface area contributed by atoms with E-state index in [2.05, 4.69) is 19.2 Å². The molecule has 0 aromatic heterocycles. The van der Waals surface area contributed by atoms with Crippen LogP contribution in [0.25, 0.3) is 0 Å². The summed E-state index contributed by atoms with van der Waals surface area (Å²) < 4.78 is 23.9. The van der Waals surface area contributed by atoms with Gasteiger partial charge in [0.15, 0.2) is 0 Å². The zero-order valence-corrected chi connectivity index (χ0v) is 53.2. The first-order valence-electron chi connectivity index (χ1n) is 34.4. The van der Waals surface area contributed by atoms with Crippen LogP contribution in [-0.2, 0) is 18.4 Å². The molecule has 0 aromatic rings. The Morgan fingerprint density at radius 2 is 0.632 bits per heavy atom. The lowest BCUT2D eigenvalue weighted by atomic mass is 10.0. The zero-order chi connectivity index (χ0) is 55.6. The normalized spacial score (nSPS) is 13.6. The molecule has 8 nitrogen and oxygen atoms in total. The quantitative estimate of drug-likeness (QED) is 0.0318. The third-order valence-electron chi connectivity index (χ3n) is 16.4. The van der Waals surface area contributed by atoms with Gasteiger partial charge in [0.25, 0.3) is 0 Å². The molecule has 0 aliphatic heterocycles. The molecule has 456 valence electrons. The van der Waals surface area contributed by atoms with Crippen LogP contribution in [0.5, 0.6) is 0 Å². The summed E-state index contributed by atoms with van der Waals surface area (Å²) in [5.41, 5.74) is 0. The monoisotopic (exact) mass is 1100 g/mol. The first kappa shape index (κ1) is 75.5. The van der Waals surface area contributed by atoms with Gasteiger partial charge in [0.05, 0.1) is 39.9 Å². The number of phosphoric ester groups is 1. The molecular weight excluding hydrogens is 960 g/mol. The second-order valence-corrected chi connectivity index (χ2v) is 26.7. The summed E-state index contributed by atoms with van der Waals surface area (Å²) in [5.74, 6) is -0.133. The van der Waals surface area contributed by atoms with Crippen molar-refractivity contribution in [1.29, 1.82) is 0 Å². The molecule has 0 saturated heterocycles. The molecule has 3 unspecified atom stereocenters. The van der Waals surface area contributed by atoms with Gasteiger partial charge >= 0.3 is 7.82 Å². The van der Waals surface area contributed by atoms with E-state index in [4.69, 9.17) is 9.05 Å². The van der Waals surface area contributed by atoms with Crippen LogP contribution in [0.3, 0.4) is 0 Å². The highest BCUT2D eigenvalue weighted by atomic mass is 31.2. The molecule has 76 heavy (non-hydrogen) atoms. The number of hydrogen-bond acceptors (Lipinski definition) is 5. The summed E-state index contributed by atoms with van der Waals surface area (Å²) in [5, 5.41) is 14.2. The maximum absolute atomic E-state index is 13.1. The number of amides is 1. The molecule has 0 aliphatic rings. The largest absolute Gasteiger partial charge is 0.472 e. The van der Waals surface area contributed by atoms with Gasteiger partial charge < -0.3 is 19.8 Å². The Morgan fingerprint density at radius 3 is 0.882 bits per heavy atom. The van der Waals surface area contributed by atoms with Crippen molar-refractivity contribution in [2.75, 3.05) is 40.9 Å². The fourth-order valence-corrected chi connectivity index (χ4v) is 11.7. The third kappa shape index (κ3) is 61.1. The Kier molecular flexibility index (Phi) is 58.7. The van der Waals surface area contributed by atoms with E-state index >= 15 is 0 Å². The van der Waals surface area contributed by atoms with Crippen molar-refractivity contribution in [2.24, 2.45) is 0 Å². The molecule has 9 heteroatoms. The Balaban J connectivity index is 4.00. The molecule has 0 fully saturated rings. The number of phosphoric acid groups is 1. The van der Waals surface area contributed by atoms with Crippen LogP contribution in [-0.4, -0.2) is 73.4 Å². The van der Waals surface area contributed by atoms with Gasteiger partial charge in [-0.15, -0.1) is 0 Å². The van der Waals surface area contributed by atoms with Crippen molar-refractivity contribution in [3.63, 3.8) is 0 Å². The van der Waals surface area contributed by atoms with E-state index in [-0.39, 0.29) is 19.1 Å². The van der Waals surface area contributed by atoms with E-state index < -0.39 is 20.0 Å². The van der Waals surface area contributed by atoms with Crippen LogP contribution in [0.15, 0.2) is 0 Å². The predicted octanol–water partition coefficient (Wildman–Crippen LogP) is 21.6. The van der Waals surface area contributed by atoms with E-state index in [0.717, 1.165) is 38.5 Å². The van der Waals surface area contributed by atoms with Crippen molar-refractivity contribution >= 4 is 13.7 Å². The topological polar surface area (TPSA) is 105 Å². The second kappa shape index (κ2) is 59.1. The van der Waals surface area contributed by atoms with Crippen LogP contribution in [0, 0.1) is 0 Å². The highest BCUT2D eigenvalue weighted by Gasteiger charge is 2.28. The van der Waals surface area contributed by atoms with E-state index in [9.17, 15) is 19.4 Å². The van der Waals surface area contributed by atoms with E-state index in [1.807, 2.05) is 21.1 Å². The SMILES string of the molecule is CCCCCCCCCCCCCCCCCCCCCCCCCCCCCCC(O)C(COP(=O)(O)OCC[N+](C)(C)C)NC(=O)CCCCCCCCCCCCCCCCCCCCCCCCCCCC. The molecule has 0 heterocycles. The number of unbranched alkanes of at least 4 members (excludes halogenated alkanes) is 52. The van der Waals surface area contributed by atoms with Crippen molar-refractivity contribution < 1.29 is 32.9 Å². The molecule has 0 spiro atoms. The summed E-state index contributed by atoms with van der Waals surface area (Å²) in [6, 6.07) is -0.757. The smallest absolute Gasteiger partial charge is 0.391 e. The molecule has 3 N–H and O–H groups in total. The Bertz CT molecular complexity index is 1200. The van der Waals surface area contributed by atoms with Crippen molar-refractivity contribution in [3.05, 3.63) is 0 Å². The highest BCUT2D eigenvalue weighted by Crippen LogP contribution is 2.43. The summed E-state index contributed by atoms with van der Waals surface area (Å²) >= 11 is 0. The number of carbonyl (C=O) groups is 1. The van der Waals surface area contributed by atoms with Crippen LogP contribution in [0.4, 0.5) is 0 Å². The van der Waals surface area contributed by atoms with E-state index in [0.29, 0.717) is 23.9 Å². The summed E-state index contributed by atoms with van der Waals surface area (Å²) in [6.45, 7) is 4.97. The fourth-order valence-electron chi connectivity index (χ4n) is 11.0. The number of nitrogens with zero attached hydrogens (tertiary/aromatic N) is 1. The van der Waals surface area contributed by atoms with E-state index in [1.165, 1.54) is 308 Å². The molecule has 0 saturated carbocycles. The van der Waals surface area contributed by atoms with Gasteiger partial charge in [-0.05, 0) is 12.8 Å². The molecule has 0 aromatic carbocycles. The average Bonchev–Trinajstić information content (AvgIpc) is 3.38. The lowest BCUT2D eigenvalue weighted by molar-refractivity contribution is -0.870. The van der Waals surface area contributed by atoms with Crippen LogP contribution >= 0.6 is 7.82 Å².